The summed E-state index contributed by atoms with van der Waals surface area (Å²) in [6, 6.07) is 10.5. The minimum absolute atomic E-state index is 0.255. The summed E-state index contributed by atoms with van der Waals surface area (Å²) >= 11 is 1.27. The summed E-state index contributed by atoms with van der Waals surface area (Å²) in [4.78, 5) is 28.1. The number of benzene rings is 1. The average molecular weight is 577 g/mol. The lowest BCUT2D eigenvalue weighted by atomic mass is 10.1. The highest BCUT2D eigenvalue weighted by molar-refractivity contribution is 7.16. The van der Waals surface area contributed by atoms with E-state index in [1.165, 1.54) is 23.5 Å². The number of fused-ring (bicyclic) bond motifs is 1. The molecule has 2 N–H and O–H groups in total. The fourth-order valence-electron chi connectivity index (χ4n) is 5.20. The predicted octanol–water partition coefficient (Wildman–Crippen LogP) is 2.98. The van der Waals surface area contributed by atoms with Gasteiger partial charge in [-0.05, 0) is 50.1 Å². The van der Waals surface area contributed by atoms with Crippen LogP contribution in [0.3, 0.4) is 0 Å². The second kappa shape index (κ2) is 10.7. The molecule has 1 aliphatic heterocycles. The molecule has 3 aromatic heterocycles. The fourth-order valence-corrected chi connectivity index (χ4v) is 6.05. The van der Waals surface area contributed by atoms with Gasteiger partial charge in [-0.3, -0.25) is 4.79 Å². The quantitative estimate of drug-likeness (QED) is 0.340. The third kappa shape index (κ3) is 4.99. The zero-order valence-corrected chi connectivity index (χ0v) is 23.5. The lowest BCUT2D eigenvalue weighted by Crippen LogP contribution is -2.52. The largest absolute Gasteiger partial charge is 0.393 e. The molecule has 2 fully saturated rings. The lowest BCUT2D eigenvalue weighted by molar-refractivity contribution is -0.142. The Hall–Kier alpha value is -4.12. The first-order valence-corrected chi connectivity index (χ1v) is 14.2. The molecular weight excluding hydrogens is 547 g/mol. The van der Waals surface area contributed by atoms with Gasteiger partial charge in [0.05, 0.1) is 29.4 Å². The Labute approximate surface area is 239 Å². The highest BCUT2D eigenvalue weighted by Crippen LogP contribution is 2.44. The molecule has 0 radical (unpaired) electrons. The van der Waals surface area contributed by atoms with Gasteiger partial charge in [-0.2, -0.15) is 10.4 Å². The Balaban J connectivity index is 1.36. The smallest absolute Gasteiger partial charge is 0.253 e. The molecule has 4 aromatic rings. The summed E-state index contributed by atoms with van der Waals surface area (Å²) in [5, 5.41) is 35.0. The van der Waals surface area contributed by atoms with Crippen LogP contribution in [0, 0.1) is 24.1 Å². The molecule has 1 aromatic carbocycles. The SMILES string of the molecule is Cc1nc2nn(C3CC3)c(N(C)c3nc(-c4ccc(F)cc4)c(C#N)s3)c2cc1N1CCN(C(=O)C(O)CO)CC1. The minimum Gasteiger partial charge on any atom is -0.393 e. The first-order chi connectivity index (χ1) is 19.8. The normalized spacial score (nSPS) is 16.2. The number of aliphatic hydroxyl groups is 2. The molecule has 41 heavy (non-hydrogen) atoms. The molecule has 2 aliphatic rings. The summed E-state index contributed by atoms with van der Waals surface area (Å²) in [5.74, 6) is 0.0151. The lowest BCUT2D eigenvalue weighted by Gasteiger charge is -2.37. The van der Waals surface area contributed by atoms with E-state index in [2.05, 4.69) is 17.0 Å². The van der Waals surface area contributed by atoms with Crippen LogP contribution in [0.4, 0.5) is 21.0 Å². The Bertz CT molecular complexity index is 1650. The van der Waals surface area contributed by atoms with E-state index in [0.717, 1.165) is 35.4 Å². The standard InChI is InChI=1S/C28H29FN8O3S/c1-16-21(35-9-11-36(12-10-35)27(40)22(39)15-38)13-20-25(31-16)33-37(19-7-8-19)26(20)34(2)28-32-24(23(14-30)41-28)17-3-5-18(29)6-4-17/h3-6,13,19,22,38-39H,7-12,15H2,1-2H3. The van der Waals surface area contributed by atoms with E-state index in [-0.39, 0.29) is 11.9 Å². The first kappa shape index (κ1) is 27.1. The number of aromatic nitrogens is 4. The molecule has 1 saturated carbocycles. The molecule has 0 bridgehead atoms. The van der Waals surface area contributed by atoms with Crippen LogP contribution in [-0.2, 0) is 4.79 Å². The van der Waals surface area contributed by atoms with Crippen LogP contribution < -0.4 is 9.80 Å². The van der Waals surface area contributed by atoms with Crippen molar-refractivity contribution in [3.63, 3.8) is 0 Å². The van der Waals surface area contributed by atoms with Gasteiger partial charge in [-0.25, -0.2) is 19.0 Å². The van der Waals surface area contributed by atoms with Crippen molar-refractivity contribution in [2.24, 2.45) is 0 Å². The molecule has 1 amide bonds. The van der Waals surface area contributed by atoms with E-state index in [1.807, 2.05) is 23.6 Å². The maximum atomic E-state index is 13.5. The Morgan fingerprint density at radius 3 is 2.56 bits per heavy atom. The van der Waals surface area contributed by atoms with Gasteiger partial charge in [0.15, 0.2) is 16.9 Å². The number of thiazole rings is 1. The number of piperazine rings is 1. The van der Waals surface area contributed by atoms with Crippen molar-refractivity contribution in [1.29, 1.82) is 5.26 Å². The van der Waals surface area contributed by atoms with Crippen molar-refractivity contribution in [3.05, 3.63) is 46.7 Å². The Kier molecular flexibility index (Phi) is 7.06. The van der Waals surface area contributed by atoms with Gasteiger partial charge >= 0.3 is 0 Å². The van der Waals surface area contributed by atoms with E-state index < -0.39 is 18.6 Å². The number of nitriles is 1. The van der Waals surface area contributed by atoms with E-state index in [0.29, 0.717) is 53.1 Å². The number of halogens is 1. The number of nitrogens with zero attached hydrogens (tertiary/aromatic N) is 8. The van der Waals surface area contributed by atoms with Crippen LogP contribution in [0.25, 0.3) is 22.3 Å². The second-order valence-electron chi connectivity index (χ2n) is 10.3. The zero-order chi connectivity index (χ0) is 28.8. The molecular formula is C28H29FN8O3S. The number of anilines is 3. The molecule has 1 saturated heterocycles. The third-order valence-corrected chi connectivity index (χ3v) is 8.59. The number of hydrogen-bond donors (Lipinski definition) is 2. The van der Waals surface area contributed by atoms with Crippen LogP contribution in [0.5, 0.6) is 0 Å². The number of aryl methyl sites for hydroxylation is 1. The number of rotatable bonds is 7. The summed E-state index contributed by atoms with van der Waals surface area (Å²) in [6.07, 6.45) is 0.625. The van der Waals surface area contributed by atoms with Crippen molar-refractivity contribution in [2.45, 2.75) is 31.9 Å². The van der Waals surface area contributed by atoms with Crippen LogP contribution in [0.15, 0.2) is 30.3 Å². The van der Waals surface area contributed by atoms with E-state index in [4.69, 9.17) is 20.2 Å². The molecule has 4 heterocycles. The van der Waals surface area contributed by atoms with E-state index >= 15 is 0 Å². The molecule has 1 aliphatic carbocycles. The van der Waals surface area contributed by atoms with Gasteiger partial charge < -0.3 is 24.9 Å². The zero-order valence-electron chi connectivity index (χ0n) is 22.7. The highest BCUT2D eigenvalue weighted by atomic mass is 32.1. The molecule has 212 valence electrons. The van der Waals surface area contributed by atoms with Gasteiger partial charge in [-0.1, -0.05) is 11.3 Å². The third-order valence-electron chi connectivity index (χ3n) is 7.55. The summed E-state index contributed by atoms with van der Waals surface area (Å²) in [5.41, 5.74) is 3.55. The van der Waals surface area contributed by atoms with Gasteiger partial charge in [-0.15, -0.1) is 0 Å². The van der Waals surface area contributed by atoms with Crippen molar-refractivity contribution < 1.29 is 19.4 Å². The van der Waals surface area contributed by atoms with Gasteiger partial charge in [0.25, 0.3) is 5.91 Å². The molecule has 13 heteroatoms. The topological polar surface area (TPSA) is 135 Å². The van der Waals surface area contributed by atoms with Crippen molar-refractivity contribution in [3.8, 4) is 17.3 Å². The summed E-state index contributed by atoms with van der Waals surface area (Å²) in [6.45, 7) is 3.29. The summed E-state index contributed by atoms with van der Waals surface area (Å²) in [7, 11) is 1.90. The number of pyridine rings is 1. The van der Waals surface area contributed by atoms with Crippen LogP contribution in [0.2, 0.25) is 0 Å². The predicted molar refractivity (Wildman–Crippen MR) is 153 cm³/mol. The Morgan fingerprint density at radius 2 is 1.93 bits per heavy atom. The van der Waals surface area contributed by atoms with Crippen LogP contribution in [0.1, 0.15) is 29.5 Å². The number of carbonyl (C=O) groups is 1. The first-order valence-electron chi connectivity index (χ1n) is 13.4. The van der Waals surface area contributed by atoms with Crippen molar-refractivity contribution in [1.82, 2.24) is 24.6 Å². The number of aliphatic hydroxyl groups excluding tert-OH is 2. The van der Waals surface area contributed by atoms with Gasteiger partial charge in [0.1, 0.15) is 28.3 Å². The number of amides is 1. The van der Waals surface area contributed by atoms with Crippen LogP contribution in [-0.4, -0.2) is 86.7 Å². The van der Waals surface area contributed by atoms with Crippen molar-refractivity contribution >= 4 is 44.9 Å². The Morgan fingerprint density at radius 1 is 1.22 bits per heavy atom. The second-order valence-corrected chi connectivity index (χ2v) is 11.3. The van der Waals surface area contributed by atoms with Gasteiger partial charge in [0, 0.05) is 38.8 Å². The number of hydrogen-bond acceptors (Lipinski definition) is 10. The molecule has 1 atom stereocenters. The fraction of sp³-hybridized carbons (Fsp3) is 0.393. The molecule has 6 rings (SSSR count). The highest BCUT2D eigenvalue weighted by Gasteiger charge is 2.33. The molecule has 1 unspecified atom stereocenters. The molecule has 0 spiro atoms. The van der Waals surface area contributed by atoms with Crippen molar-refractivity contribution in [2.75, 3.05) is 49.6 Å². The van der Waals surface area contributed by atoms with Crippen LogP contribution >= 0.6 is 11.3 Å². The monoisotopic (exact) mass is 576 g/mol. The minimum atomic E-state index is -1.40. The van der Waals surface area contributed by atoms with E-state index in [9.17, 15) is 19.6 Å². The molecule has 11 nitrogen and oxygen atoms in total. The average Bonchev–Trinajstić information content (AvgIpc) is 3.64. The van der Waals surface area contributed by atoms with E-state index in [1.54, 1.807) is 17.0 Å². The maximum Gasteiger partial charge on any atom is 0.253 e. The maximum absolute atomic E-state index is 13.5. The number of carbonyl (C=O) groups excluding carboxylic acids is 1. The summed E-state index contributed by atoms with van der Waals surface area (Å²) < 4.78 is 15.5. The van der Waals surface area contributed by atoms with Gasteiger partial charge in [0.2, 0.25) is 0 Å².